The average Bonchev–Trinajstić information content (AvgIpc) is 2.84. The van der Waals surface area contributed by atoms with E-state index in [2.05, 4.69) is 9.47 Å². The predicted molar refractivity (Wildman–Crippen MR) is 101 cm³/mol. The Bertz CT molecular complexity index is 537. The molecule has 0 aromatic rings. The highest BCUT2D eigenvalue weighted by atomic mass is 16.6. The molecule has 33 heavy (non-hydrogen) atoms. The van der Waals surface area contributed by atoms with E-state index in [0.717, 1.165) is 0 Å². The maximum atomic E-state index is 11.9. The lowest BCUT2D eigenvalue weighted by molar-refractivity contribution is -0.183. The minimum absolute atomic E-state index is 0.932. The molecule has 0 saturated heterocycles. The van der Waals surface area contributed by atoms with Crippen molar-refractivity contribution in [2.75, 3.05) is 39.6 Å². The average molecular weight is 492 g/mol. The second kappa shape index (κ2) is 14.7. The van der Waals surface area contributed by atoms with E-state index in [9.17, 15) is 60.7 Å². The van der Waals surface area contributed by atoms with Gasteiger partial charge in [-0.25, -0.2) is 9.59 Å². The molecule has 16 heteroatoms. The summed E-state index contributed by atoms with van der Waals surface area (Å²) in [6.07, 6.45) is -17.5. The summed E-state index contributed by atoms with van der Waals surface area (Å²) >= 11 is 0. The van der Waals surface area contributed by atoms with E-state index < -0.39 is 106 Å². The smallest absolute Gasteiger partial charge is 0.337 e. The van der Waals surface area contributed by atoms with Gasteiger partial charge in [0.2, 0.25) is 0 Å². The van der Waals surface area contributed by atoms with Gasteiger partial charge < -0.3 is 70.8 Å². The van der Waals surface area contributed by atoms with Crippen LogP contribution in [0.15, 0.2) is 0 Å². The van der Waals surface area contributed by atoms with Crippen molar-refractivity contribution >= 4 is 11.9 Å². The molecular formula is C17H32O16. The third kappa shape index (κ3) is 8.96. The molecule has 0 aromatic carbocycles. The summed E-state index contributed by atoms with van der Waals surface area (Å²) in [4.78, 5) is 23.8. The van der Waals surface area contributed by atoms with Gasteiger partial charge in [-0.3, -0.25) is 0 Å². The number of ether oxygens (including phenoxy) is 2. The van der Waals surface area contributed by atoms with E-state index in [1.54, 1.807) is 0 Å². The van der Waals surface area contributed by atoms with Crippen LogP contribution < -0.4 is 0 Å². The molecule has 0 radical (unpaired) electrons. The molecule has 0 fully saturated rings. The standard InChI is InChI=1S/C17H32O16/c18-1-7(22)9(24)11(26)13(28)15(30)32-5-17(3-20,4-21)6-33-16(31)14(29)12(27)10(25)8(23)2-19/h7-14,18-29H,1-6H2/t7-,8-,9+,10+,11-,12-,13+,14+/m1/s1. The van der Waals surface area contributed by atoms with Gasteiger partial charge in [-0.05, 0) is 0 Å². The number of hydrogen-bond acceptors (Lipinski definition) is 16. The van der Waals surface area contributed by atoms with Crippen molar-refractivity contribution in [1.82, 2.24) is 0 Å². The van der Waals surface area contributed by atoms with Gasteiger partial charge in [0.05, 0.1) is 31.8 Å². The Morgan fingerprint density at radius 1 is 0.576 bits per heavy atom. The normalized spacial score (nSPS) is 19.5. The first-order valence-corrected chi connectivity index (χ1v) is 9.53. The first-order valence-electron chi connectivity index (χ1n) is 9.53. The zero-order chi connectivity index (χ0) is 25.9. The third-order valence-electron chi connectivity index (χ3n) is 4.70. The Morgan fingerprint density at radius 2 is 0.879 bits per heavy atom. The summed E-state index contributed by atoms with van der Waals surface area (Å²) in [5.74, 6) is -3.17. The fourth-order valence-corrected chi connectivity index (χ4v) is 2.22. The van der Waals surface area contributed by atoms with E-state index in [1.165, 1.54) is 0 Å². The number of aliphatic hydroxyl groups excluding tert-OH is 12. The van der Waals surface area contributed by atoms with Gasteiger partial charge in [0.15, 0.2) is 12.2 Å². The van der Waals surface area contributed by atoms with E-state index in [-0.39, 0.29) is 0 Å². The third-order valence-corrected chi connectivity index (χ3v) is 4.70. The summed E-state index contributed by atoms with van der Waals surface area (Å²) < 4.78 is 9.26. The molecule has 0 rings (SSSR count). The van der Waals surface area contributed by atoms with E-state index in [0.29, 0.717) is 0 Å². The molecule has 0 aromatic heterocycles. The van der Waals surface area contributed by atoms with Crippen LogP contribution >= 0.6 is 0 Å². The van der Waals surface area contributed by atoms with Crippen molar-refractivity contribution in [1.29, 1.82) is 0 Å². The molecule has 0 aliphatic heterocycles. The van der Waals surface area contributed by atoms with Gasteiger partial charge in [0, 0.05) is 0 Å². The number of hydrogen-bond donors (Lipinski definition) is 12. The van der Waals surface area contributed by atoms with Crippen molar-refractivity contribution in [3.05, 3.63) is 0 Å². The Morgan fingerprint density at radius 3 is 1.12 bits per heavy atom. The largest absolute Gasteiger partial charge is 0.463 e. The summed E-state index contributed by atoms with van der Waals surface area (Å²) in [6.45, 7) is -5.84. The molecule has 12 N–H and O–H groups in total. The minimum Gasteiger partial charge on any atom is -0.463 e. The Hall–Kier alpha value is -1.54. The van der Waals surface area contributed by atoms with Gasteiger partial charge in [-0.2, -0.15) is 0 Å². The number of carbonyl (C=O) groups is 2. The molecule has 8 atom stereocenters. The molecule has 196 valence electrons. The fraction of sp³-hybridized carbons (Fsp3) is 0.882. The van der Waals surface area contributed by atoms with Crippen LogP contribution in [-0.2, 0) is 19.1 Å². The van der Waals surface area contributed by atoms with Gasteiger partial charge in [0.1, 0.15) is 49.8 Å². The zero-order valence-corrected chi connectivity index (χ0v) is 17.4. The van der Waals surface area contributed by atoms with Crippen molar-refractivity contribution in [2.45, 2.75) is 48.8 Å². The van der Waals surface area contributed by atoms with Gasteiger partial charge >= 0.3 is 11.9 Å². The van der Waals surface area contributed by atoms with Crippen LogP contribution in [0.5, 0.6) is 0 Å². The van der Waals surface area contributed by atoms with Crippen LogP contribution in [0, 0.1) is 5.41 Å². The second-order valence-corrected chi connectivity index (χ2v) is 7.38. The number of aliphatic hydroxyl groups is 12. The first-order chi connectivity index (χ1) is 15.3. The molecule has 0 bridgehead atoms. The Labute approximate surface area is 187 Å². The maximum absolute atomic E-state index is 11.9. The van der Waals surface area contributed by atoms with Crippen molar-refractivity contribution < 1.29 is 80.3 Å². The molecule has 0 aliphatic rings. The lowest BCUT2D eigenvalue weighted by Gasteiger charge is -2.31. The van der Waals surface area contributed by atoms with Crippen LogP contribution in [0.3, 0.4) is 0 Å². The van der Waals surface area contributed by atoms with E-state index in [1.807, 2.05) is 0 Å². The van der Waals surface area contributed by atoms with E-state index in [4.69, 9.17) is 10.2 Å². The molecular weight excluding hydrogens is 460 g/mol. The van der Waals surface area contributed by atoms with Crippen molar-refractivity contribution in [3.63, 3.8) is 0 Å². The molecule has 0 heterocycles. The van der Waals surface area contributed by atoms with Gasteiger partial charge in [-0.1, -0.05) is 0 Å². The van der Waals surface area contributed by atoms with Crippen LogP contribution in [0.2, 0.25) is 0 Å². The SMILES string of the molecule is O=C(OCC(CO)(CO)COC(=O)[C@@H](O)[C@H](O)[C@@H](O)[C@H](O)CO)[C@@H](O)[C@H](O)[C@@H](O)[C@H](O)CO. The highest BCUT2D eigenvalue weighted by Crippen LogP contribution is 2.19. The summed E-state index contributed by atoms with van der Waals surface area (Å²) in [7, 11) is 0. The van der Waals surface area contributed by atoms with Crippen molar-refractivity contribution in [3.8, 4) is 0 Å². The highest BCUT2D eigenvalue weighted by Gasteiger charge is 2.40. The predicted octanol–water partition coefficient (Wildman–Crippen LogP) is -8.08. The fourth-order valence-electron chi connectivity index (χ4n) is 2.22. The van der Waals surface area contributed by atoms with Crippen LogP contribution in [0.4, 0.5) is 0 Å². The highest BCUT2D eigenvalue weighted by molar-refractivity contribution is 5.75. The molecule has 0 unspecified atom stereocenters. The quantitative estimate of drug-likeness (QED) is 0.0890. The summed E-state index contributed by atoms with van der Waals surface area (Å²) in [5.41, 5.74) is -1.91. The van der Waals surface area contributed by atoms with Gasteiger partial charge in [0.25, 0.3) is 0 Å². The topological polar surface area (TPSA) is 295 Å². The molecule has 0 saturated carbocycles. The monoisotopic (exact) mass is 492 g/mol. The Balaban J connectivity index is 5.02. The Kier molecular flexibility index (Phi) is 14.0. The maximum Gasteiger partial charge on any atom is 0.337 e. The summed E-state index contributed by atoms with van der Waals surface area (Å²) in [5, 5.41) is 113. The molecule has 0 amide bonds. The first kappa shape index (κ1) is 31.5. The molecule has 0 spiro atoms. The van der Waals surface area contributed by atoms with E-state index >= 15 is 0 Å². The van der Waals surface area contributed by atoms with Crippen molar-refractivity contribution in [2.24, 2.45) is 5.41 Å². The van der Waals surface area contributed by atoms with Crippen LogP contribution in [0.25, 0.3) is 0 Å². The minimum atomic E-state index is -2.42. The second-order valence-electron chi connectivity index (χ2n) is 7.38. The number of carbonyl (C=O) groups excluding carboxylic acids is 2. The lowest BCUT2D eigenvalue weighted by Crippen LogP contribution is -2.51. The van der Waals surface area contributed by atoms with Crippen LogP contribution in [0.1, 0.15) is 0 Å². The van der Waals surface area contributed by atoms with Gasteiger partial charge in [-0.15, -0.1) is 0 Å². The zero-order valence-electron chi connectivity index (χ0n) is 17.4. The number of esters is 2. The van der Waals surface area contributed by atoms with Crippen LogP contribution in [-0.4, -0.2) is 162 Å². The lowest BCUT2D eigenvalue weighted by atomic mass is 9.92. The molecule has 16 nitrogen and oxygen atoms in total. The molecule has 0 aliphatic carbocycles. The summed E-state index contributed by atoms with van der Waals surface area (Å²) in [6, 6.07) is 0. The number of rotatable bonds is 16.